The molecule has 40 heavy (non-hydrogen) atoms. The molecule has 0 bridgehead atoms. The lowest BCUT2D eigenvalue weighted by Gasteiger charge is -2.24. The molecule has 0 radical (unpaired) electrons. The van der Waals surface area contributed by atoms with Gasteiger partial charge in [0, 0.05) is 0 Å². The Morgan fingerprint density at radius 1 is 0.625 bits per heavy atom. The molecule has 224 valence electrons. The van der Waals surface area contributed by atoms with Crippen LogP contribution < -0.4 is 0 Å². The predicted octanol–water partition coefficient (Wildman–Crippen LogP) is 6.38. The van der Waals surface area contributed by atoms with Crippen LogP contribution in [-0.4, -0.2) is 61.4 Å². The number of aliphatic carboxylic acids is 1. The first kappa shape index (κ1) is 35.7. The summed E-state index contributed by atoms with van der Waals surface area (Å²) in [5, 5.41) is 9.29. The Kier molecular flexibility index (Phi) is 16.9. The van der Waals surface area contributed by atoms with Crippen LogP contribution in [0.2, 0.25) is 0 Å². The van der Waals surface area contributed by atoms with E-state index >= 15 is 0 Å². The maximum Gasteiger partial charge on any atom is 0.345 e. The molecule has 0 spiro atoms. The van der Waals surface area contributed by atoms with Crippen molar-refractivity contribution in [3.05, 3.63) is 71.8 Å². The molecule has 2 atom stereocenters. The zero-order chi connectivity index (χ0) is 30.0. The standard InChI is InChI=1S/C15H23O5P.C13H19O5P/c1-4-18-15(16)14(12-13-10-8-7-9-11-13)21(17,19-5-2)20-6-3;1-3-17-19(16,18-4-2)12(13(14)15)10-11-8-6-5-7-9-11/h7-11,14H,4-6,12H2,1-3H3;5-9,12H,3-4,10H2,1-2H3,(H,14,15). The third-order valence-corrected chi connectivity index (χ3v) is 10.2. The lowest BCUT2D eigenvalue weighted by molar-refractivity contribution is -0.143. The molecule has 2 aromatic rings. The van der Waals surface area contributed by atoms with E-state index in [1.54, 1.807) is 58.9 Å². The molecule has 0 aliphatic heterocycles. The molecule has 0 heterocycles. The highest BCUT2D eigenvalue weighted by atomic mass is 31.2. The fourth-order valence-corrected chi connectivity index (χ4v) is 7.51. The molecule has 0 aliphatic rings. The molecule has 0 saturated carbocycles. The molecular formula is C28H42O10P2. The van der Waals surface area contributed by atoms with E-state index in [0.29, 0.717) is 0 Å². The monoisotopic (exact) mass is 600 g/mol. The van der Waals surface area contributed by atoms with E-state index in [-0.39, 0.29) is 45.9 Å². The number of carbonyl (C=O) groups excluding carboxylic acids is 1. The minimum atomic E-state index is -3.65. The number of carbonyl (C=O) groups is 2. The maximum absolute atomic E-state index is 12.9. The van der Waals surface area contributed by atoms with Crippen molar-refractivity contribution in [1.29, 1.82) is 0 Å². The second kappa shape index (κ2) is 18.9. The lowest BCUT2D eigenvalue weighted by atomic mass is 10.1. The number of carboxylic acids is 1. The van der Waals surface area contributed by atoms with E-state index in [1.165, 1.54) is 0 Å². The maximum atomic E-state index is 12.9. The van der Waals surface area contributed by atoms with Gasteiger partial charge in [-0.2, -0.15) is 0 Å². The summed E-state index contributed by atoms with van der Waals surface area (Å²) < 4.78 is 51.3. The Morgan fingerprint density at radius 2 is 0.975 bits per heavy atom. The normalized spacial score (nSPS) is 13.0. The van der Waals surface area contributed by atoms with Crippen molar-refractivity contribution < 1.29 is 46.7 Å². The van der Waals surface area contributed by atoms with Gasteiger partial charge in [0.15, 0.2) is 11.3 Å². The van der Waals surface area contributed by atoms with Crippen molar-refractivity contribution in [2.45, 2.75) is 58.8 Å². The fourth-order valence-electron chi connectivity index (χ4n) is 3.73. The number of carboxylic acid groups (broad SMARTS) is 1. The molecule has 0 saturated heterocycles. The molecule has 0 aromatic heterocycles. The Morgan fingerprint density at radius 3 is 1.30 bits per heavy atom. The number of rotatable bonds is 17. The summed E-state index contributed by atoms with van der Waals surface area (Å²) in [6, 6.07) is 18.4. The van der Waals surface area contributed by atoms with Crippen LogP contribution in [-0.2, 0) is 54.4 Å². The number of esters is 1. The van der Waals surface area contributed by atoms with Crippen molar-refractivity contribution in [3.63, 3.8) is 0 Å². The van der Waals surface area contributed by atoms with Gasteiger partial charge in [0.25, 0.3) is 0 Å². The second-order valence-electron chi connectivity index (χ2n) is 8.25. The summed E-state index contributed by atoms with van der Waals surface area (Å²) in [4.78, 5) is 23.6. The van der Waals surface area contributed by atoms with E-state index in [1.807, 2.05) is 36.4 Å². The van der Waals surface area contributed by atoms with Crippen molar-refractivity contribution in [1.82, 2.24) is 0 Å². The van der Waals surface area contributed by atoms with Gasteiger partial charge in [0.05, 0.1) is 33.0 Å². The fraction of sp³-hybridized carbons (Fsp3) is 0.500. The first-order valence-corrected chi connectivity index (χ1v) is 16.6. The summed E-state index contributed by atoms with van der Waals surface area (Å²) in [5.41, 5.74) is -0.459. The Labute approximate surface area is 237 Å². The molecule has 2 unspecified atom stereocenters. The highest BCUT2D eigenvalue weighted by Crippen LogP contribution is 2.55. The van der Waals surface area contributed by atoms with Crippen LogP contribution in [0.15, 0.2) is 60.7 Å². The number of hydrogen-bond donors (Lipinski definition) is 1. The van der Waals surface area contributed by atoms with Crippen molar-refractivity contribution >= 4 is 27.1 Å². The van der Waals surface area contributed by atoms with E-state index in [2.05, 4.69) is 0 Å². The summed E-state index contributed by atoms with van der Waals surface area (Å²) in [7, 11) is -7.21. The lowest BCUT2D eigenvalue weighted by Crippen LogP contribution is -2.28. The van der Waals surface area contributed by atoms with Gasteiger partial charge < -0.3 is 27.9 Å². The molecule has 0 aliphatic carbocycles. The van der Waals surface area contributed by atoms with Crippen LogP contribution in [0, 0.1) is 0 Å². The van der Waals surface area contributed by atoms with Crippen molar-refractivity contribution in [3.8, 4) is 0 Å². The Balaban J connectivity index is 0.000000402. The molecule has 1 N–H and O–H groups in total. The van der Waals surface area contributed by atoms with Crippen molar-refractivity contribution in [2.24, 2.45) is 0 Å². The molecule has 12 heteroatoms. The minimum absolute atomic E-state index is 0.119. The van der Waals surface area contributed by atoms with Crippen LogP contribution in [0.1, 0.15) is 45.7 Å². The quantitative estimate of drug-likeness (QED) is 0.161. The topological polar surface area (TPSA) is 135 Å². The van der Waals surface area contributed by atoms with E-state index in [9.17, 15) is 23.8 Å². The average molecular weight is 601 g/mol. The van der Waals surface area contributed by atoms with Gasteiger partial charge in [0.1, 0.15) is 0 Å². The molecule has 0 fully saturated rings. The van der Waals surface area contributed by atoms with Crippen LogP contribution >= 0.6 is 15.2 Å². The van der Waals surface area contributed by atoms with Gasteiger partial charge in [-0.05, 0) is 58.6 Å². The van der Waals surface area contributed by atoms with E-state index in [4.69, 9.17) is 22.8 Å². The van der Waals surface area contributed by atoms with Crippen LogP contribution in [0.5, 0.6) is 0 Å². The Hall–Kier alpha value is -2.32. The van der Waals surface area contributed by atoms with Gasteiger partial charge in [-0.3, -0.25) is 18.7 Å². The largest absolute Gasteiger partial charge is 0.481 e. The minimum Gasteiger partial charge on any atom is -0.481 e. The van der Waals surface area contributed by atoms with Crippen LogP contribution in [0.25, 0.3) is 0 Å². The molecule has 0 amide bonds. The third kappa shape index (κ3) is 11.7. The first-order chi connectivity index (χ1) is 19.1. The SMILES string of the molecule is CCOC(=O)C(Cc1ccccc1)P(=O)(OCC)OCC.CCOP(=O)(OCC)C(Cc1ccccc1)C(=O)O. The van der Waals surface area contributed by atoms with Crippen LogP contribution in [0.4, 0.5) is 0 Å². The Bertz CT molecular complexity index is 1070. The predicted molar refractivity (Wildman–Crippen MR) is 154 cm³/mol. The smallest absolute Gasteiger partial charge is 0.345 e. The summed E-state index contributed by atoms with van der Waals surface area (Å²) in [5.74, 6) is -1.72. The third-order valence-electron chi connectivity index (χ3n) is 5.39. The second-order valence-corrected chi connectivity index (χ2v) is 12.7. The number of hydrogen-bond acceptors (Lipinski definition) is 9. The number of benzene rings is 2. The van der Waals surface area contributed by atoms with Gasteiger partial charge in [-0.25, -0.2) is 0 Å². The van der Waals surface area contributed by atoms with Gasteiger partial charge in [-0.1, -0.05) is 60.7 Å². The van der Waals surface area contributed by atoms with E-state index < -0.39 is 38.4 Å². The van der Waals surface area contributed by atoms with Gasteiger partial charge >= 0.3 is 27.1 Å². The van der Waals surface area contributed by atoms with Gasteiger partial charge in [-0.15, -0.1) is 0 Å². The van der Waals surface area contributed by atoms with Crippen molar-refractivity contribution in [2.75, 3.05) is 33.0 Å². The summed E-state index contributed by atoms with van der Waals surface area (Å²) >= 11 is 0. The highest BCUT2D eigenvalue weighted by Gasteiger charge is 2.42. The molecule has 10 nitrogen and oxygen atoms in total. The highest BCUT2D eigenvalue weighted by molar-refractivity contribution is 7.56. The van der Waals surface area contributed by atoms with Crippen LogP contribution in [0.3, 0.4) is 0 Å². The zero-order valence-electron chi connectivity index (χ0n) is 23.9. The average Bonchev–Trinajstić information content (AvgIpc) is 2.92. The molecular weight excluding hydrogens is 558 g/mol. The van der Waals surface area contributed by atoms with E-state index in [0.717, 1.165) is 11.1 Å². The first-order valence-electron chi connectivity index (χ1n) is 13.3. The molecule has 2 aromatic carbocycles. The van der Waals surface area contributed by atoms with Gasteiger partial charge in [0.2, 0.25) is 0 Å². The number of ether oxygens (including phenoxy) is 1. The summed E-state index contributed by atoms with van der Waals surface area (Å²) in [6.07, 6.45) is 0.379. The molecule has 2 rings (SSSR count). The zero-order valence-corrected chi connectivity index (χ0v) is 25.7. The summed E-state index contributed by atoms with van der Waals surface area (Å²) in [6.45, 7) is 9.41.